The van der Waals surface area contributed by atoms with Gasteiger partial charge in [-0.05, 0) is 73.3 Å². The third-order valence-electron chi connectivity index (χ3n) is 6.91. The highest BCUT2D eigenvalue weighted by molar-refractivity contribution is 5.68. The minimum Gasteiger partial charge on any atom is -0.443 e. The number of tetrazole rings is 1. The van der Waals surface area contributed by atoms with Gasteiger partial charge in [0.2, 0.25) is 0 Å². The molecule has 2 heterocycles. The molecule has 3 aliphatic rings. The second-order valence-corrected chi connectivity index (χ2v) is 9.35. The van der Waals surface area contributed by atoms with Gasteiger partial charge in [0.15, 0.2) is 0 Å². The van der Waals surface area contributed by atoms with Crippen LogP contribution in [-0.4, -0.2) is 56.5 Å². The molecule has 31 heavy (non-hydrogen) atoms. The van der Waals surface area contributed by atoms with Gasteiger partial charge < -0.3 is 14.4 Å². The number of piperidine rings is 1. The molecule has 1 aromatic heterocycles. The monoisotopic (exact) mass is 429 g/mol. The molecule has 0 bridgehead atoms. The summed E-state index contributed by atoms with van der Waals surface area (Å²) in [4.78, 5) is 14.1. The fraction of sp³-hybridized carbons (Fsp3) is 0.636. The Balaban J connectivity index is 1.03. The van der Waals surface area contributed by atoms with Gasteiger partial charge in [0.05, 0.1) is 18.9 Å². The van der Waals surface area contributed by atoms with E-state index in [1.165, 1.54) is 17.1 Å². The average molecular weight is 429 g/mol. The first-order valence-electron chi connectivity index (χ1n) is 11.1. The molecule has 9 heteroatoms. The molecular formula is C22H28FN5O3. The Morgan fingerprint density at radius 3 is 2.77 bits per heavy atom. The maximum Gasteiger partial charge on any atom is 0.410 e. The molecule has 2 saturated carbocycles. The van der Waals surface area contributed by atoms with Crippen molar-refractivity contribution < 1.29 is 18.7 Å². The molecule has 2 atom stereocenters. The van der Waals surface area contributed by atoms with Gasteiger partial charge >= 0.3 is 6.09 Å². The highest BCUT2D eigenvalue weighted by Crippen LogP contribution is 2.48. The van der Waals surface area contributed by atoms with Crippen LogP contribution in [0.25, 0.3) is 5.69 Å². The summed E-state index contributed by atoms with van der Waals surface area (Å²) in [5.74, 6) is 1.52. The van der Waals surface area contributed by atoms with Crippen molar-refractivity contribution in [2.24, 2.45) is 17.8 Å². The van der Waals surface area contributed by atoms with Gasteiger partial charge in [-0.15, -0.1) is 5.10 Å². The Labute approximate surface area is 180 Å². The smallest absolute Gasteiger partial charge is 0.410 e. The summed E-state index contributed by atoms with van der Waals surface area (Å²) in [5, 5.41) is 10.9. The van der Waals surface area contributed by atoms with Gasteiger partial charge in [0, 0.05) is 24.7 Å². The van der Waals surface area contributed by atoms with Gasteiger partial charge in [-0.25, -0.2) is 13.9 Å². The molecule has 166 valence electrons. The van der Waals surface area contributed by atoms with E-state index in [1.807, 2.05) is 11.8 Å². The minimum atomic E-state index is -0.320. The molecule has 0 unspecified atom stereocenters. The van der Waals surface area contributed by atoms with Crippen LogP contribution >= 0.6 is 0 Å². The SMILES string of the molecule is CC1(OC(=O)N2CCC([C@H]3C[C@H]3COCc3ccc(-n4cnnn4)cc3F)CC2)CC1. The lowest BCUT2D eigenvalue weighted by molar-refractivity contribution is 0.0463. The second-order valence-electron chi connectivity index (χ2n) is 9.35. The van der Waals surface area contributed by atoms with Gasteiger partial charge in [-0.1, -0.05) is 6.07 Å². The van der Waals surface area contributed by atoms with Crippen LogP contribution < -0.4 is 0 Å². The molecule has 1 saturated heterocycles. The zero-order valence-electron chi connectivity index (χ0n) is 17.7. The number of carbonyl (C=O) groups excluding carboxylic acids is 1. The second kappa shape index (κ2) is 8.18. The van der Waals surface area contributed by atoms with Crippen molar-refractivity contribution in [1.82, 2.24) is 25.1 Å². The fourth-order valence-corrected chi connectivity index (χ4v) is 4.50. The summed E-state index contributed by atoms with van der Waals surface area (Å²) in [7, 11) is 0. The van der Waals surface area contributed by atoms with Crippen LogP contribution in [0.5, 0.6) is 0 Å². The summed E-state index contributed by atoms with van der Waals surface area (Å²) in [5.41, 5.74) is 0.903. The van der Waals surface area contributed by atoms with Crippen LogP contribution in [0.4, 0.5) is 9.18 Å². The normalized spacial score (nSPS) is 24.8. The quantitative estimate of drug-likeness (QED) is 0.671. The third-order valence-corrected chi connectivity index (χ3v) is 6.91. The predicted molar refractivity (Wildman–Crippen MR) is 109 cm³/mol. The lowest BCUT2D eigenvalue weighted by Gasteiger charge is -2.32. The van der Waals surface area contributed by atoms with E-state index in [0.717, 1.165) is 45.2 Å². The van der Waals surface area contributed by atoms with E-state index in [4.69, 9.17) is 9.47 Å². The Morgan fingerprint density at radius 2 is 2.10 bits per heavy atom. The third kappa shape index (κ3) is 4.71. The molecule has 0 radical (unpaired) electrons. The van der Waals surface area contributed by atoms with E-state index >= 15 is 0 Å². The number of amides is 1. The van der Waals surface area contributed by atoms with E-state index in [0.29, 0.717) is 35.6 Å². The molecule has 0 spiro atoms. The number of hydrogen-bond donors (Lipinski definition) is 0. The van der Waals surface area contributed by atoms with E-state index in [2.05, 4.69) is 15.5 Å². The molecular weight excluding hydrogens is 401 g/mol. The molecule has 5 rings (SSSR count). The molecule has 1 amide bonds. The highest BCUT2D eigenvalue weighted by atomic mass is 19.1. The Kier molecular flexibility index (Phi) is 5.37. The molecule has 0 N–H and O–H groups in total. The van der Waals surface area contributed by atoms with E-state index in [9.17, 15) is 9.18 Å². The Bertz CT molecular complexity index is 925. The van der Waals surface area contributed by atoms with Crippen molar-refractivity contribution in [2.75, 3.05) is 19.7 Å². The Morgan fingerprint density at radius 1 is 1.29 bits per heavy atom. The van der Waals surface area contributed by atoms with Crippen LogP contribution in [0, 0.1) is 23.6 Å². The number of hydrogen-bond acceptors (Lipinski definition) is 6. The highest BCUT2D eigenvalue weighted by Gasteiger charge is 2.46. The number of aromatic nitrogens is 4. The van der Waals surface area contributed by atoms with Crippen LogP contribution in [0.2, 0.25) is 0 Å². The van der Waals surface area contributed by atoms with Crippen LogP contribution in [0.1, 0.15) is 44.6 Å². The maximum absolute atomic E-state index is 14.4. The van der Waals surface area contributed by atoms with E-state index in [-0.39, 0.29) is 24.1 Å². The summed E-state index contributed by atoms with van der Waals surface area (Å²) in [6, 6.07) is 4.91. The standard InChI is InChI=1S/C22H28FN5O3/c1-22(6-7-22)31-21(29)27-8-4-15(5-9-27)19-10-17(19)13-30-12-16-2-3-18(11-20(16)23)28-14-24-25-26-28/h2-3,11,14-15,17,19H,4-10,12-13H2,1H3/t17-,19+/m0/s1. The van der Waals surface area contributed by atoms with Crippen molar-refractivity contribution in [3.8, 4) is 5.69 Å². The molecule has 3 fully saturated rings. The summed E-state index contributed by atoms with van der Waals surface area (Å²) in [6.07, 6.45) is 6.45. The van der Waals surface area contributed by atoms with Crippen LogP contribution in [0.15, 0.2) is 24.5 Å². The summed E-state index contributed by atoms with van der Waals surface area (Å²) in [6.45, 7) is 4.47. The zero-order valence-corrected chi connectivity index (χ0v) is 17.7. The minimum absolute atomic E-state index is 0.151. The molecule has 2 aromatic rings. The number of carbonyl (C=O) groups is 1. The van der Waals surface area contributed by atoms with Crippen molar-refractivity contribution >= 4 is 6.09 Å². The number of rotatable bonds is 7. The summed E-state index contributed by atoms with van der Waals surface area (Å²) < 4.78 is 27.2. The fourth-order valence-electron chi connectivity index (χ4n) is 4.50. The topological polar surface area (TPSA) is 82.4 Å². The number of nitrogens with zero attached hydrogens (tertiary/aromatic N) is 5. The number of likely N-dealkylation sites (tertiary alicyclic amines) is 1. The first kappa shape index (κ1) is 20.4. The number of halogens is 1. The van der Waals surface area contributed by atoms with Gasteiger partial charge in [-0.3, -0.25) is 0 Å². The van der Waals surface area contributed by atoms with Crippen molar-refractivity contribution in [2.45, 2.75) is 51.2 Å². The number of ether oxygens (including phenoxy) is 2. The maximum atomic E-state index is 14.4. The summed E-state index contributed by atoms with van der Waals surface area (Å²) >= 11 is 0. The first-order valence-corrected chi connectivity index (χ1v) is 11.1. The lowest BCUT2D eigenvalue weighted by Crippen LogP contribution is -2.40. The molecule has 1 aliphatic heterocycles. The first-order chi connectivity index (χ1) is 15.0. The largest absolute Gasteiger partial charge is 0.443 e. The van der Waals surface area contributed by atoms with Gasteiger partial charge in [-0.2, -0.15) is 0 Å². The lowest BCUT2D eigenvalue weighted by atomic mass is 9.91. The van der Waals surface area contributed by atoms with Crippen molar-refractivity contribution in [3.05, 3.63) is 35.9 Å². The number of benzene rings is 1. The van der Waals surface area contributed by atoms with Crippen molar-refractivity contribution in [3.63, 3.8) is 0 Å². The molecule has 1 aromatic carbocycles. The zero-order chi connectivity index (χ0) is 21.4. The van der Waals surface area contributed by atoms with Gasteiger partial charge in [0.1, 0.15) is 17.7 Å². The van der Waals surface area contributed by atoms with Gasteiger partial charge in [0.25, 0.3) is 0 Å². The van der Waals surface area contributed by atoms with E-state index < -0.39 is 0 Å². The average Bonchev–Trinajstić information content (AvgIpc) is 3.63. The van der Waals surface area contributed by atoms with Crippen LogP contribution in [0.3, 0.4) is 0 Å². The predicted octanol–water partition coefficient (Wildman–Crippen LogP) is 3.36. The van der Waals surface area contributed by atoms with E-state index in [1.54, 1.807) is 12.1 Å². The molecule has 2 aliphatic carbocycles. The van der Waals surface area contributed by atoms with Crippen molar-refractivity contribution in [1.29, 1.82) is 0 Å². The molecule has 8 nitrogen and oxygen atoms in total. The van der Waals surface area contributed by atoms with Crippen LogP contribution in [-0.2, 0) is 16.1 Å². The Hall–Kier alpha value is -2.55.